The monoisotopic (exact) mass is 285 g/mol. The van der Waals surface area contributed by atoms with E-state index < -0.39 is 11.9 Å². The minimum atomic E-state index is -4.47. The van der Waals surface area contributed by atoms with Crippen LogP contribution in [-0.2, 0) is 6.18 Å². The normalized spacial score (nSPS) is 11.4. The third kappa shape index (κ3) is 3.60. The Balaban J connectivity index is 2.10. The van der Waals surface area contributed by atoms with E-state index in [0.717, 1.165) is 16.6 Å². The van der Waals surface area contributed by atoms with Gasteiger partial charge in [0.1, 0.15) is 0 Å². The van der Waals surface area contributed by atoms with Crippen molar-refractivity contribution in [2.75, 3.05) is 11.6 Å². The number of thioether (sulfide) groups is 1. The molecule has 0 aliphatic heterocycles. The molecule has 0 aliphatic rings. The second-order valence-electron chi connectivity index (χ2n) is 3.66. The molecule has 0 saturated carbocycles. The van der Waals surface area contributed by atoms with Crippen molar-refractivity contribution >= 4 is 23.3 Å². The van der Waals surface area contributed by atoms with Crippen molar-refractivity contribution in [1.82, 2.24) is 10.2 Å². The molecule has 0 bridgehead atoms. The molecule has 100 valence electrons. The lowest BCUT2D eigenvalue weighted by Crippen LogP contribution is -2.09. The first-order chi connectivity index (χ1) is 8.99. The first kappa shape index (κ1) is 13.7. The lowest BCUT2D eigenvalue weighted by Gasteiger charge is -2.07. The fourth-order valence-corrected chi connectivity index (χ4v) is 1.78. The Kier molecular flexibility index (Phi) is 3.94. The van der Waals surface area contributed by atoms with Crippen LogP contribution in [0.3, 0.4) is 0 Å². The predicted octanol–water partition coefficient (Wildman–Crippen LogP) is 3.96. The van der Waals surface area contributed by atoms with Gasteiger partial charge in [-0.3, -0.25) is 0 Å². The highest BCUT2D eigenvalue weighted by Crippen LogP contribution is 2.27. The van der Waals surface area contributed by atoms with E-state index >= 15 is 0 Å². The number of nitrogens with zero attached hydrogens (tertiary/aromatic N) is 2. The summed E-state index contributed by atoms with van der Waals surface area (Å²) in [5.41, 5.74) is -0.261. The van der Waals surface area contributed by atoms with Crippen LogP contribution in [-0.4, -0.2) is 16.5 Å². The minimum absolute atomic E-state index is 0.268. The van der Waals surface area contributed by atoms with E-state index in [1.54, 1.807) is 11.8 Å². The summed E-state index contributed by atoms with van der Waals surface area (Å²) in [5.74, 6) is 0.268. The van der Waals surface area contributed by atoms with E-state index in [0.29, 0.717) is 0 Å². The number of aromatic nitrogens is 2. The average Bonchev–Trinajstić information content (AvgIpc) is 2.39. The molecule has 1 aromatic heterocycles. The van der Waals surface area contributed by atoms with Crippen LogP contribution in [0, 0.1) is 0 Å². The Labute approximate surface area is 112 Å². The van der Waals surface area contributed by atoms with Crippen molar-refractivity contribution in [2.45, 2.75) is 11.1 Å². The number of alkyl halides is 3. The summed E-state index contributed by atoms with van der Waals surface area (Å²) in [5, 5.41) is 9.52. The van der Waals surface area contributed by atoms with Crippen LogP contribution in [0.2, 0.25) is 0 Å². The highest BCUT2D eigenvalue weighted by Gasteiger charge is 2.32. The standard InChI is InChI=1S/C12H10F3N3S/c1-19-9-4-2-8(3-5-9)16-11-7-6-10(17-18-11)12(13,14)15/h2-7H,1H3,(H,16,18). The van der Waals surface area contributed by atoms with Crippen molar-refractivity contribution in [2.24, 2.45) is 0 Å². The molecule has 1 aromatic carbocycles. The number of hydrogen-bond acceptors (Lipinski definition) is 4. The van der Waals surface area contributed by atoms with Crippen LogP contribution < -0.4 is 5.32 Å². The molecule has 0 spiro atoms. The van der Waals surface area contributed by atoms with Crippen molar-refractivity contribution in [1.29, 1.82) is 0 Å². The zero-order valence-electron chi connectivity index (χ0n) is 9.90. The molecule has 0 saturated heterocycles. The largest absolute Gasteiger partial charge is 0.435 e. The SMILES string of the molecule is CSc1ccc(Nc2ccc(C(F)(F)F)nn2)cc1. The lowest BCUT2D eigenvalue weighted by molar-refractivity contribution is -0.141. The van der Waals surface area contributed by atoms with Gasteiger partial charge in [-0.05, 0) is 42.7 Å². The molecule has 0 fully saturated rings. The first-order valence-electron chi connectivity index (χ1n) is 5.31. The van der Waals surface area contributed by atoms with Gasteiger partial charge in [0.2, 0.25) is 0 Å². The summed E-state index contributed by atoms with van der Waals surface area (Å²) in [6.45, 7) is 0. The van der Waals surface area contributed by atoms with Crippen LogP contribution in [0.5, 0.6) is 0 Å². The first-order valence-corrected chi connectivity index (χ1v) is 6.53. The highest BCUT2D eigenvalue weighted by atomic mass is 32.2. The van der Waals surface area contributed by atoms with E-state index in [2.05, 4.69) is 15.5 Å². The molecule has 2 rings (SSSR count). The Morgan fingerprint density at radius 2 is 1.68 bits per heavy atom. The molecule has 3 nitrogen and oxygen atoms in total. The summed E-state index contributed by atoms with van der Waals surface area (Å²) in [6, 6.07) is 9.61. The molecular weight excluding hydrogens is 275 g/mol. The lowest BCUT2D eigenvalue weighted by atomic mass is 10.3. The highest BCUT2D eigenvalue weighted by molar-refractivity contribution is 7.98. The maximum Gasteiger partial charge on any atom is 0.435 e. The van der Waals surface area contributed by atoms with Gasteiger partial charge in [0.15, 0.2) is 11.5 Å². The third-order valence-corrected chi connectivity index (χ3v) is 3.06. The van der Waals surface area contributed by atoms with Gasteiger partial charge >= 0.3 is 6.18 Å². The zero-order valence-corrected chi connectivity index (χ0v) is 10.7. The number of halogens is 3. The Morgan fingerprint density at radius 3 is 2.16 bits per heavy atom. The number of benzene rings is 1. The van der Waals surface area contributed by atoms with Crippen LogP contribution in [0.1, 0.15) is 5.69 Å². The van der Waals surface area contributed by atoms with Crippen molar-refractivity contribution < 1.29 is 13.2 Å². The van der Waals surface area contributed by atoms with Gasteiger partial charge in [-0.2, -0.15) is 13.2 Å². The van der Waals surface area contributed by atoms with E-state index in [1.807, 2.05) is 30.5 Å². The smallest absolute Gasteiger partial charge is 0.339 e. The second-order valence-corrected chi connectivity index (χ2v) is 4.53. The summed E-state index contributed by atoms with van der Waals surface area (Å²) in [4.78, 5) is 1.10. The van der Waals surface area contributed by atoms with Crippen LogP contribution in [0.15, 0.2) is 41.3 Å². The quantitative estimate of drug-likeness (QED) is 0.866. The summed E-state index contributed by atoms with van der Waals surface area (Å²) < 4.78 is 36.9. The minimum Gasteiger partial charge on any atom is -0.339 e. The third-order valence-electron chi connectivity index (χ3n) is 2.32. The fraction of sp³-hybridized carbons (Fsp3) is 0.167. The van der Waals surface area contributed by atoms with Crippen LogP contribution >= 0.6 is 11.8 Å². The Bertz CT molecular complexity index is 538. The molecule has 1 heterocycles. The summed E-state index contributed by atoms with van der Waals surface area (Å²) >= 11 is 1.61. The van der Waals surface area contributed by atoms with Gasteiger partial charge in [0, 0.05) is 10.6 Å². The molecule has 19 heavy (non-hydrogen) atoms. The molecular formula is C12H10F3N3S. The van der Waals surface area contributed by atoms with Gasteiger partial charge in [-0.15, -0.1) is 22.0 Å². The topological polar surface area (TPSA) is 37.8 Å². The number of rotatable bonds is 3. The van der Waals surface area contributed by atoms with E-state index in [-0.39, 0.29) is 5.82 Å². The van der Waals surface area contributed by atoms with Crippen LogP contribution in [0.25, 0.3) is 0 Å². The van der Waals surface area contributed by atoms with Gasteiger partial charge in [0.05, 0.1) is 0 Å². The Morgan fingerprint density at radius 1 is 1.00 bits per heavy atom. The van der Waals surface area contributed by atoms with Crippen LogP contribution in [0.4, 0.5) is 24.7 Å². The van der Waals surface area contributed by atoms with Gasteiger partial charge < -0.3 is 5.32 Å². The van der Waals surface area contributed by atoms with Gasteiger partial charge in [-0.25, -0.2) is 0 Å². The predicted molar refractivity (Wildman–Crippen MR) is 68.5 cm³/mol. The number of nitrogens with one attached hydrogen (secondary N) is 1. The summed E-state index contributed by atoms with van der Waals surface area (Å²) in [7, 11) is 0. The molecule has 7 heteroatoms. The molecule has 2 aromatic rings. The second kappa shape index (κ2) is 5.48. The maximum absolute atomic E-state index is 12.3. The van der Waals surface area contributed by atoms with Gasteiger partial charge in [-0.1, -0.05) is 0 Å². The Hall–Kier alpha value is -1.76. The molecule has 0 amide bonds. The van der Waals surface area contributed by atoms with Crippen molar-refractivity contribution in [3.05, 3.63) is 42.1 Å². The number of hydrogen-bond donors (Lipinski definition) is 1. The molecule has 0 aliphatic carbocycles. The maximum atomic E-state index is 12.3. The van der Waals surface area contributed by atoms with E-state index in [4.69, 9.17) is 0 Å². The summed E-state index contributed by atoms with van der Waals surface area (Å²) in [6.07, 6.45) is -2.50. The van der Waals surface area contributed by atoms with E-state index in [1.165, 1.54) is 6.07 Å². The average molecular weight is 285 g/mol. The molecule has 0 radical (unpaired) electrons. The van der Waals surface area contributed by atoms with E-state index in [9.17, 15) is 13.2 Å². The molecule has 0 unspecified atom stereocenters. The van der Waals surface area contributed by atoms with Crippen molar-refractivity contribution in [3.63, 3.8) is 0 Å². The van der Waals surface area contributed by atoms with Gasteiger partial charge in [0.25, 0.3) is 0 Å². The fourth-order valence-electron chi connectivity index (χ4n) is 1.37. The molecule has 0 atom stereocenters. The zero-order chi connectivity index (χ0) is 13.9. The number of anilines is 2. The van der Waals surface area contributed by atoms with Crippen molar-refractivity contribution in [3.8, 4) is 0 Å². The molecule has 1 N–H and O–H groups in total.